The highest BCUT2D eigenvalue weighted by Gasteiger charge is 2.45. The number of hydrogen-bond donors (Lipinski definition) is 1. The molecule has 1 aliphatic heterocycles. The maximum Gasteiger partial charge on any atom is 0.262 e. The van der Waals surface area contributed by atoms with Crippen LogP contribution in [0.1, 0.15) is 18.1 Å². The molecular formula is C10H11BrNO2+. The number of fused-ring (bicyclic) bond motifs is 1. The zero-order valence-electron chi connectivity index (χ0n) is 7.56. The monoisotopic (exact) mass is 256 g/mol. The van der Waals surface area contributed by atoms with Crippen LogP contribution in [0, 0.1) is 4.91 Å². The molecule has 74 valence electrons. The van der Waals surface area contributed by atoms with Crippen molar-refractivity contribution in [3.05, 3.63) is 34.7 Å². The molecule has 1 aromatic rings. The number of alkyl halides is 1. The Bertz CT molecular complexity index is 367. The van der Waals surface area contributed by atoms with Crippen LogP contribution in [0.4, 0.5) is 5.69 Å². The summed E-state index contributed by atoms with van der Waals surface area (Å²) in [4.78, 5) is 11.7. The molecule has 0 aromatic heterocycles. The first-order chi connectivity index (χ1) is 6.75. The molecule has 1 aliphatic rings. The van der Waals surface area contributed by atoms with Crippen molar-refractivity contribution in [3.63, 3.8) is 0 Å². The number of hydrogen-bond acceptors (Lipinski definition) is 2. The molecule has 0 aliphatic carbocycles. The molecule has 0 amide bonds. The minimum Gasteiger partial charge on any atom is -0.381 e. The van der Waals surface area contributed by atoms with Crippen molar-refractivity contribution in [2.24, 2.45) is 0 Å². The van der Waals surface area contributed by atoms with E-state index in [9.17, 15) is 10.0 Å². The summed E-state index contributed by atoms with van der Waals surface area (Å²) in [5.41, 5.74) is 1.35. The van der Waals surface area contributed by atoms with Crippen LogP contribution in [0.5, 0.6) is 0 Å². The van der Waals surface area contributed by atoms with Gasteiger partial charge in [-0.15, -0.1) is 0 Å². The molecule has 0 spiro atoms. The molecule has 4 heteroatoms. The second-order valence-electron chi connectivity index (χ2n) is 3.37. The van der Waals surface area contributed by atoms with E-state index in [1.54, 1.807) is 12.1 Å². The maximum absolute atomic E-state index is 11.7. The van der Waals surface area contributed by atoms with Gasteiger partial charge in [0.05, 0.1) is 5.56 Å². The summed E-state index contributed by atoms with van der Waals surface area (Å²) >= 11 is 3.28. The third-order valence-corrected chi connectivity index (χ3v) is 3.02. The molecule has 2 rings (SSSR count). The molecule has 1 N–H and O–H groups in total. The fourth-order valence-corrected chi connectivity index (χ4v) is 2.31. The van der Waals surface area contributed by atoms with E-state index < -0.39 is 6.10 Å². The van der Waals surface area contributed by atoms with Crippen molar-refractivity contribution in [2.45, 2.75) is 18.6 Å². The van der Waals surface area contributed by atoms with E-state index in [0.29, 0.717) is 12.1 Å². The van der Waals surface area contributed by atoms with Crippen molar-refractivity contribution in [2.75, 3.05) is 5.33 Å². The van der Waals surface area contributed by atoms with E-state index in [0.717, 1.165) is 15.7 Å². The number of halogens is 1. The van der Waals surface area contributed by atoms with Crippen LogP contribution in [-0.2, 0) is 0 Å². The number of rotatable bonds is 2. The Morgan fingerprint density at radius 1 is 1.43 bits per heavy atom. The highest BCUT2D eigenvalue weighted by molar-refractivity contribution is 9.09. The Labute approximate surface area is 90.5 Å². The normalized spacial score (nSPS) is 25.1. The van der Waals surface area contributed by atoms with Crippen molar-refractivity contribution in [3.8, 4) is 0 Å². The van der Waals surface area contributed by atoms with Crippen molar-refractivity contribution >= 4 is 21.6 Å². The van der Waals surface area contributed by atoms with Gasteiger partial charge >= 0.3 is 0 Å². The van der Waals surface area contributed by atoms with Crippen LogP contribution in [0.25, 0.3) is 0 Å². The number of nitroso groups, excluding NO2 is 1. The molecule has 1 aromatic carbocycles. The predicted molar refractivity (Wildman–Crippen MR) is 56.9 cm³/mol. The SMILES string of the molecule is O=[N+]1c2ccccc2C(O)C1CCBr. The molecule has 14 heavy (non-hydrogen) atoms. The summed E-state index contributed by atoms with van der Waals surface area (Å²) < 4.78 is 0.918. The molecule has 0 radical (unpaired) electrons. The topological polar surface area (TPSA) is 40.3 Å². The van der Waals surface area contributed by atoms with E-state index in [1.165, 1.54) is 0 Å². The van der Waals surface area contributed by atoms with Gasteiger partial charge in [-0.1, -0.05) is 28.1 Å². The Kier molecular flexibility index (Phi) is 2.65. The summed E-state index contributed by atoms with van der Waals surface area (Å²) in [5.74, 6) is 0. The first-order valence-corrected chi connectivity index (χ1v) is 5.67. The van der Waals surface area contributed by atoms with Crippen LogP contribution >= 0.6 is 15.9 Å². The molecule has 1 heterocycles. The molecule has 0 saturated heterocycles. The van der Waals surface area contributed by atoms with Gasteiger partial charge in [-0.3, -0.25) is 0 Å². The smallest absolute Gasteiger partial charge is 0.262 e. The number of aliphatic hydroxyl groups excluding tert-OH is 1. The van der Waals surface area contributed by atoms with E-state index in [4.69, 9.17) is 0 Å². The molecule has 0 bridgehead atoms. The largest absolute Gasteiger partial charge is 0.381 e. The van der Waals surface area contributed by atoms with E-state index >= 15 is 0 Å². The molecule has 2 atom stereocenters. The van der Waals surface area contributed by atoms with Crippen molar-refractivity contribution < 1.29 is 9.87 Å². The Morgan fingerprint density at radius 3 is 2.79 bits per heavy atom. The van der Waals surface area contributed by atoms with Gasteiger partial charge in [0.25, 0.3) is 5.69 Å². The lowest BCUT2D eigenvalue weighted by molar-refractivity contribution is -0.506. The van der Waals surface area contributed by atoms with Crippen LogP contribution < -0.4 is 0 Å². The molecule has 3 nitrogen and oxygen atoms in total. The number of aliphatic hydroxyl groups is 1. The Hall–Kier alpha value is -0.740. The van der Waals surface area contributed by atoms with Crippen LogP contribution in [0.2, 0.25) is 0 Å². The quantitative estimate of drug-likeness (QED) is 0.652. The van der Waals surface area contributed by atoms with Gasteiger partial charge in [-0.25, -0.2) is 0 Å². The summed E-state index contributed by atoms with van der Waals surface area (Å²) in [6.45, 7) is 0. The van der Waals surface area contributed by atoms with Gasteiger partial charge in [-0.2, -0.15) is 0 Å². The van der Waals surface area contributed by atoms with Crippen molar-refractivity contribution in [1.29, 1.82) is 0 Å². The van der Waals surface area contributed by atoms with Gasteiger partial charge in [0.1, 0.15) is 0 Å². The van der Waals surface area contributed by atoms with E-state index in [2.05, 4.69) is 15.9 Å². The molecule has 2 unspecified atom stereocenters. The highest BCUT2D eigenvalue weighted by atomic mass is 79.9. The molecule has 0 saturated carbocycles. The van der Waals surface area contributed by atoms with Gasteiger partial charge < -0.3 is 5.11 Å². The number of para-hydroxylation sites is 1. The Balaban J connectivity index is 2.38. The standard InChI is InChI=1S/C10H11BrNO2/c11-6-5-9-10(13)7-3-1-2-4-8(7)12(9)14/h1-4,9-10,13H,5-6H2/q+1. The third kappa shape index (κ3) is 1.38. The minimum absolute atomic E-state index is 0.341. The second kappa shape index (κ2) is 3.79. The van der Waals surface area contributed by atoms with Crippen LogP contribution in [0.3, 0.4) is 0 Å². The average molecular weight is 257 g/mol. The molecular weight excluding hydrogens is 246 g/mol. The number of benzene rings is 1. The first kappa shape index (κ1) is 9.80. The zero-order valence-corrected chi connectivity index (χ0v) is 9.14. The summed E-state index contributed by atoms with van der Waals surface area (Å²) in [5, 5.41) is 10.6. The fraction of sp³-hybridized carbons (Fsp3) is 0.400. The van der Waals surface area contributed by atoms with Crippen LogP contribution in [0.15, 0.2) is 24.3 Å². The lowest BCUT2D eigenvalue weighted by Gasteiger charge is -2.03. The third-order valence-electron chi connectivity index (χ3n) is 2.56. The number of nitrogens with zero attached hydrogens (tertiary/aromatic N) is 1. The summed E-state index contributed by atoms with van der Waals surface area (Å²) in [6, 6.07) is 6.87. The van der Waals surface area contributed by atoms with E-state index in [-0.39, 0.29) is 6.04 Å². The predicted octanol–water partition coefficient (Wildman–Crippen LogP) is 2.30. The maximum atomic E-state index is 11.7. The summed E-state index contributed by atoms with van der Waals surface area (Å²) in [6.07, 6.45) is 0.000509. The zero-order chi connectivity index (χ0) is 10.1. The fourth-order valence-electron chi connectivity index (χ4n) is 1.84. The lowest BCUT2D eigenvalue weighted by Crippen LogP contribution is -2.21. The van der Waals surface area contributed by atoms with Gasteiger partial charge in [0.15, 0.2) is 6.10 Å². The van der Waals surface area contributed by atoms with E-state index in [1.807, 2.05) is 12.1 Å². The second-order valence-corrected chi connectivity index (χ2v) is 4.17. The average Bonchev–Trinajstić information content (AvgIpc) is 2.45. The van der Waals surface area contributed by atoms with Crippen LogP contribution in [-0.4, -0.2) is 21.2 Å². The van der Waals surface area contributed by atoms with Crippen molar-refractivity contribution in [1.82, 2.24) is 0 Å². The Morgan fingerprint density at radius 2 is 2.14 bits per heavy atom. The molecule has 0 fully saturated rings. The van der Waals surface area contributed by atoms with Gasteiger partial charge in [0.2, 0.25) is 6.04 Å². The van der Waals surface area contributed by atoms with Gasteiger partial charge in [-0.05, 0) is 6.07 Å². The highest BCUT2D eigenvalue weighted by Crippen LogP contribution is 2.38. The lowest BCUT2D eigenvalue weighted by atomic mass is 10.1. The first-order valence-electron chi connectivity index (χ1n) is 4.55. The summed E-state index contributed by atoms with van der Waals surface area (Å²) in [7, 11) is 0. The minimum atomic E-state index is -0.652. The van der Waals surface area contributed by atoms with Gasteiger partial charge in [0, 0.05) is 27.5 Å².